The number of hydrogen-bond acceptors (Lipinski definition) is 3. The van der Waals surface area contributed by atoms with Gasteiger partial charge in [-0.25, -0.2) is 10.1 Å². The van der Waals surface area contributed by atoms with E-state index >= 15 is 0 Å². The molecule has 2 aromatic carbocycles. The van der Waals surface area contributed by atoms with Crippen molar-refractivity contribution in [2.24, 2.45) is 5.84 Å². The normalized spacial score (nSPS) is 12.3. The highest BCUT2D eigenvalue weighted by atomic mass is 15.3. The molecular weight excluding hydrogens is 260 g/mol. The van der Waals surface area contributed by atoms with Crippen LogP contribution in [0, 0.1) is 6.92 Å². The topological polar surface area (TPSA) is 55.9 Å². The van der Waals surface area contributed by atoms with Gasteiger partial charge < -0.3 is 0 Å². The summed E-state index contributed by atoms with van der Waals surface area (Å²) in [7, 11) is 0. The molecule has 0 saturated heterocycles. The molecule has 0 aliphatic rings. The van der Waals surface area contributed by atoms with Gasteiger partial charge in [0.2, 0.25) is 0 Å². The van der Waals surface area contributed by atoms with Gasteiger partial charge in [0.1, 0.15) is 0 Å². The smallest absolute Gasteiger partial charge is 0.0743 e. The van der Waals surface area contributed by atoms with Crippen LogP contribution >= 0.6 is 0 Å². The maximum atomic E-state index is 5.77. The number of aromatic nitrogens is 2. The fourth-order valence-corrected chi connectivity index (χ4v) is 2.48. The molecule has 0 amide bonds. The standard InChI is InChI=1S/C17H18N4/c1-13-7-5-6-10-16(13)17(20-18)14-11-19-21(12-14)15-8-3-2-4-9-15/h2-12,17,20H,18H2,1H3. The first-order valence-corrected chi connectivity index (χ1v) is 6.91. The fraction of sp³-hybridized carbons (Fsp3) is 0.118. The summed E-state index contributed by atoms with van der Waals surface area (Å²) in [6.07, 6.45) is 3.86. The van der Waals surface area contributed by atoms with Crippen molar-refractivity contribution in [2.45, 2.75) is 13.0 Å². The highest BCUT2D eigenvalue weighted by Gasteiger charge is 2.16. The predicted octanol–water partition coefficient (Wildman–Crippen LogP) is 2.73. The van der Waals surface area contributed by atoms with Crippen LogP contribution < -0.4 is 11.3 Å². The van der Waals surface area contributed by atoms with Crippen molar-refractivity contribution in [2.75, 3.05) is 0 Å². The minimum atomic E-state index is -0.0661. The van der Waals surface area contributed by atoms with Gasteiger partial charge in [-0.3, -0.25) is 5.84 Å². The van der Waals surface area contributed by atoms with Crippen LogP contribution in [-0.4, -0.2) is 9.78 Å². The molecule has 4 heteroatoms. The summed E-state index contributed by atoms with van der Waals surface area (Å²) in [6, 6.07) is 18.2. The zero-order valence-corrected chi connectivity index (χ0v) is 11.9. The molecule has 1 heterocycles. The first kappa shape index (κ1) is 13.5. The predicted molar refractivity (Wildman–Crippen MR) is 83.9 cm³/mol. The van der Waals surface area contributed by atoms with Gasteiger partial charge >= 0.3 is 0 Å². The Morgan fingerprint density at radius 2 is 1.76 bits per heavy atom. The highest BCUT2D eigenvalue weighted by molar-refractivity contribution is 5.37. The molecule has 4 nitrogen and oxygen atoms in total. The Bertz CT molecular complexity index is 718. The molecule has 1 atom stereocenters. The van der Waals surface area contributed by atoms with Gasteiger partial charge in [0, 0.05) is 11.8 Å². The Kier molecular flexibility index (Phi) is 3.81. The van der Waals surface area contributed by atoms with Crippen molar-refractivity contribution in [1.29, 1.82) is 0 Å². The van der Waals surface area contributed by atoms with Crippen molar-refractivity contribution in [3.63, 3.8) is 0 Å². The van der Waals surface area contributed by atoms with Crippen LogP contribution in [0.15, 0.2) is 67.0 Å². The molecule has 0 fully saturated rings. The third kappa shape index (κ3) is 2.72. The monoisotopic (exact) mass is 278 g/mol. The summed E-state index contributed by atoms with van der Waals surface area (Å²) in [6.45, 7) is 2.08. The van der Waals surface area contributed by atoms with E-state index in [1.807, 2.05) is 59.5 Å². The van der Waals surface area contributed by atoms with Crippen LogP contribution in [0.1, 0.15) is 22.7 Å². The Balaban J connectivity index is 1.96. The largest absolute Gasteiger partial charge is 0.271 e. The second-order valence-corrected chi connectivity index (χ2v) is 5.01. The lowest BCUT2D eigenvalue weighted by molar-refractivity contribution is 0.633. The maximum Gasteiger partial charge on any atom is 0.0743 e. The molecule has 0 radical (unpaired) electrons. The number of para-hydroxylation sites is 1. The first-order valence-electron chi connectivity index (χ1n) is 6.91. The second-order valence-electron chi connectivity index (χ2n) is 5.01. The van der Waals surface area contributed by atoms with Gasteiger partial charge in [-0.1, -0.05) is 42.5 Å². The summed E-state index contributed by atoms with van der Waals surface area (Å²) in [5, 5.41) is 4.43. The molecule has 0 aliphatic carbocycles. The quantitative estimate of drug-likeness (QED) is 0.570. The molecule has 106 valence electrons. The van der Waals surface area contributed by atoms with Gasteiger partial charge in [-0.15, -0.1) is 0 Å². The van der Waals surface area contributed by atoms with Crippen LogP contribution in [0.4, 0.5) is 0 Å². The van der Waals surface area contributed by atoms with Crippen LogP contribution in [-0.2, 0) is 0 Å². The number of hydrazine groups is 1. The van der Waals surface area contributed by atoms with Crippen molar-refractivity contribution >= 4 is 0 Å². The van der Waals surface area contributed by atoms with E-state index in [0.29, 0.717) is 0 Å². The summed E-state index contributed by atoms with van der Waals surface area (Å²) < 4.78 is 1.86. The van der Waals surface area contributed by atoms with E-state index in [-0.39, 0.29) is 6.04 Å². The summed E-state index contributed by atoms with van der Waals surface area (Å²) in [4.78, 5) is 0. The number of nitrogens with one attached hydrogen (secondary N) is 1. The maximum absolute atomic E-state index is 5.77. The molecule has 3 N–H and O–H groups in total. The number of aryl methyl sites for hydroxylation is 1. The van der Waals surface area contributed by atoms with E-state index in [1.54, 1.807) is 0 Å². The lowest BCUT2D eigenvalue weighted by Gasteiger charge is -2.16. The molecule has 1 aromatic heterocycles. The van der Waals surface area contributed by atoms with Gasteiger partial charge in [-0.05, 0) is 30.2 Å². The highest BCUT2D eigenvalue weighted by Crippen LogP contribution is 2.24. The van der Waals surface area contributed by atoms with Crippen LogP contribution in [0.25, 0.3) is 5.69 Å². The third-order valence-electron chi connectivity index (χ3n) is 3.62. The summed E-state index contributed by atoms with van der Waals surface area (Å²) >= 11 is 0. The molecule has 21 heavy (non-hydrogen) atoms. The number of rotatable bonds is 4. The number of nitrogens with zero attached hydrogens (tertiary/aromatic N) is 2. The van der Waals surface area contributed by atoms with E-state index in [9.17, 15) is 0 Å². The molecular formula is C17H18N4. The molecule has 1 unspecified atom stereocenters. The van der Waals surface area contributed by atoms with E-state index in [4.69, 9.17) is 5.84 Å². The van der Waals surface area contributed by atoms with E-state index < -0.39 is 0 Å². The van der Waals surface area contributed by atoms with Crippen LogP contribution in [0.2, 0.25) is 0 Å². The fourth-order valence-electron chi connectivity index (χ4n) is 2.48. The van der Waals surface area contributed by atoms with Crippen molar-refractivity contribution in [1.82, 2.24) is 15.2 Å². The van der Waals surface area contributed by atoms with Gasteiger partial charge in [0.05, 0.1) is 17.9 Å². The average molecular weight is 278 g/mol. The summed E-state index contributed by atoms with van der Waals surface area (Å²) in [5.74, 6) is 5.77. The van der Waals surface area contributed by atoms with Gasteiger partial charge in [0.15, 0.2) is 0 Å². The van der Waals surface area contributed by atoms with Crippen molar-refractivity contribution in [3.05, 3.63) is 83.7 Å². The van der Waals surface area contributed by atoms with Crippen LogP contribution in [0.3, 0.4) is 0 Å². The molecule has 0 aliphatic heterocycles. The van der Waals surface area contributed by atoms with E-state index in [0.717, 1.165) is 16.8 Å². The minimum Gasteiger partial charge on any atom is -0.271 e. The number of nitrogens with two attached hydrogens (primary N) is 1. The Morgan fingerprint density at radius 3 is 2.48 bits per heavy atom. The lowest BCUT2D eigenvalue weighted by Crippen LogP contribution is -2.29. The second kappa shape index (κ2) is 5.91. The molecule has 0 spiro atoms. The molecule has 0 bridgehead atoms. The Hall–Kier alpha value is -2.43. The first-order chi connectivity index (χ1) is 10.3. The lowest BCUT2D eigenvalue weighted by atomic mass is 9.98. The van der Waals surface area contributed by atoms with E-state index in [2.05, 4.69) is 29.6 Å². The zero-order chi connectivity index (χ0) is 14.7. The molecule has 3 rings (SSSR count). The van der Waals surface area contributed by atoms with Gasteiger partial charge in [0.25, 0.3) is 0 Å². The Labute approximate surface area is 124 Å². The summed E-state index contributed by atoms with van der Waals surface area (Å²) in [5.41, 5.74) is 7.32. The number of benzene rings is 2. The van der Waals surface area contributed by atoms with Gasteiger partial charge in [-0.2, -0.15) is 5.10 Å². The average Bonchev–Trinajstić information content (AvgIpc) is 3.00. The Morgan fingerprint density at radius 1 is 1.05 bits per heavy atom. The van der Waals surface area contributed by atoms with Crippen LogP contribution in [0.5, 0.6) is 0 Å². The number of hydrogen-bond donors (Lipinski definition) is 2. The molecule has 0 saturated carbocycles. The SMILES string of the molecule is Cc1ccccc1C(NN)c1cnn(-c2ccccc2)c1. The molecule has 3 aromatic rings. The third-order valence-corrected chi connectivity index (χ3v) is 3.62. The zero-order valence-electron chi connectivity index (χ0n) is 11.9. The van der Waals surface area contributed by atoms with Crippen molar-refractivity contribution < 1.29 is 0 Å². The van der Waals surface area contributed by atoms with Crippen molar-refractivity contribution in [3.8, 4) is 5.69 Å². The van der Waals surface area contributed by atoms with E-state index in [1.165, 1.54) is 5.56 Å². The minimum absolute atomic E-state index is 0.0661.